The molecule has 8 nitrogen and oxygen atoms in total. The number of anilines is 2. The zero-order valence-corrected chi connectivity index (χ0v) is 19.2. The van der Waals surface area contributed by atoms with Gasteiger partial charge in [0.15, 0.2) is 5.82 Å². The summed E-state index contributed by atoms with van der Waals surface area (Å²) in [5.41, 5.74) is 2.62. The summed E-state index contributed by atoms with van der Waals surface area (Å²) in [4.78, 5) is 28.4. The van der Waals surface area contributed by atoms with E-state index < -0.39 is 0 Å². The Morgan fingerprint density at radius 3 is 2.53 bits per heavy atom. The number of nitrogens with zero attached hydrogens (tertiary/aromatic N) is 6. The van der Waals surface area contributed by atoms with Crippen LogP contribution in [0.5, 0.6) is 0 Å². The first kappa shape index (κ1) is 21.8. The first-order valence-corrected chi connectivity index (χ1v) is 11.0. The molecule has 1 aliphatic heterocycles. The van der Waals surface area contributed by atoms with Gasteiger partial charge in [0.25, 0.3) is 11.8 Å². The number of aromatic nitrogens is 3. The Kier molecular flexibility index (Phi) is 6.39. The normalized spacial score (nSPS) is 14.5. The maximum Gasteiger partial charge on any atom is 0.261 e. The Morgan fingerprint density at radius 2 is 1.84 bits per heavy atom. The number of amides is 1. The summed E-state index contributed by atoms with van der Waals surface area (Å²) in [7, 11) is 3.98. The fourth-order valence-electron chi connectivity index (χ4n) is 3.81. The van der Waals surface area contributed by atoms with Gasteiger partial charge in [-0.1, -0.05) is 19.0 Å². The van der Waals surface area contributed by atoms with Crippen molar-refractivity contribution in [1.29, 1.82) is 0 Å². The third-order valence-electron chi connectivity index (χ3n) is 5.69. The summed E-state index contributed by atoms with van der Waals surface area (Å²) in [6, 6.07) is 11.6. The molecule has 0 aliphatic carbocycles. The van der Waals surface area contributed by atoms with Gasteiger partial charge in [0.05, 0.1) is 5.56 Å². The molecule has 1 aliphatic rings. The van der Waals surface area contributed by atoms with Crippen LogP contribution in [0.15, 0.2) is 47.1 Å². The SMILES string of the molecule is CC(C)c1noc(-c2cccnc2N2CCCN(C(=O)c3ccc(N(C)C)cc3)CC2)n1. The number of hydrogen-bond acceptors (Lipinski definition) is 7. The minimum absolute atomic E-state index is 0.0666. The highest BCUT2D eigenvalue weighted by Gasteiger charge is 2.24. The van der Waals surface area contributed by atoms with Crippen molar-refractivity contribution in [3.8, 4) is 11.5 Å². The largest absolute Gasteiger partial charge is 0.378 e. The molecule has 0 bridgehead atoms. The lowest BCUT2D eigenvalue weighted by atomic mass is 10.1. The molecule has 0 atom stereocenters. The molecule has 0 spiro atoms. The molecule has 3 heterocycles. The summed E-state index contributed by atoms with van der Waals surface area (Å²) in [6.45, 7) is 6.91. The molecule has 1 fully saturated rings. The van der Waals surface area contributed by atoms with Crippen LogP contribution < -0.4 is 9.80 Å². The molecule has 168 valence electrons. The maximum absolute atomic E-state index is 13.1. The zero-order valence-electron chi connectivity index (χ0n) is 19.2. The first-order chi connectivity index (χ1) is 15.4. The second-order valence-electron chi connectivity index (χ2n) is 8.56. The smallest absolute Gasteiger partial charge is 0.261 e. The van der Waals surface area contributed by atoms with E-state index in [-0.39, 0.29) is 11.8 Å². The molecule has 0 radical (unpaired) electrons. The van der Waals surface area contributed by atoms with Gasteiger partial charge >= 0.3 is 0 Å². The van der Waals surface area contributed by atoms with Crippen molar-refractivity contribution < 1.29 is 9.32 Å². The highest BCUT2D eigenvalue weighted by Crippen LogP contribution is 2.29. The predicted molar refractivity (Wildman–Crippen MR) is 125 cm³/mol. The maximum atomic E-state index is 13.1. The minimum atomic E-state index is 0.0666. The van der Waals surface area contributed by atoms with Crippen molar-refractivity contribution in [2.45, 2.75) is 26.2 Å². The van der Waals surface area contributed by atoms with E-state index in [2.05, 4.69) is 20.0 Å². The van der Waals surface area contributed by atoms with Crippen LogP contribution in [-0.2, 0) is 0 Å². The molecule has 1 aromatic carbocycles. The van der Waals surface area contributed by atoms with Crippen LogP contribution in [0.2, 0.25) is 0 Å². The Hall–Kier alpha value is -3.42. The lowest BCUT2D eigenvalue weighted by molar-refractivity contribution is 0.0767. The summed E-state index contributed by atoms with van der Waals surface area (Å²) in [5, 5.41) is 4.09. The lowest BCUT2D eigenvalue weighted by Gasteiger charge is -2.24. The van der Waals surface area contributed by atoms with Gasteiger partial charge in [-0.25, -0.2) is 4.98 Å². The number of benzene rings is 1. The topological polar surface area (TPSA) is 78.6 Å². The van der Waals surface area contributed by atoms with Gasteiger partial charge in [0.1, 0.15) is 5.82 Å². The fraction of sp³-hybridized carbons (Fsp3) is 0.417. The van der Waals surface area contributed by atoms with E-state index in [0.717, 1.165) is 35.6 Å². The van der Waals surface area contributed by atoms with Crippen LogP contribution in [0, 0.1) is 0 Å². The van der Waals surface area contributed by atoms with Crippen molar-refractivity contribution in [3.05, 3.63) is 54.0 Å². The molecule has 0 unspecified atom stereocenters. The summed E-state index contributed by atoms with van der Waals surface area (Å²) in [6.07, 6.45) is 2.64. The molecule has 3 aromatic rings. The van der Waals surface area contributed by atoms with E-state index >= 15 is 0 Å². The van der Waals surface area contributed by atoms with Crippen molar-refractivity contribution >= 4 is 17.4 Å². The fourth-order valence-corrected chi connectivity index (χ4v) is 3.81. The third-order valence-corrected chi connectivity index (χ3v) is 5.69. The summed E-state index contributed by atoms with van der Waals surface area (Å²) >= 11 is 0. The van der Waals surface area contributed by atoms with Crippen LogP contribution in [-0.4, -0.2) is 66.2 Å². The van der Waals surface area contributed by atoms with E-state index in [1.54, 1.807) is 6.20 Å². The van der Waals surface area contributed by atoms with Crippen LogP contribution >= 0.6 is 0 Å². The molecule has 32 heavy (non-hydrogen) atoms. The molecule has 4 rings (SSSR count). The standard InChI is InChI=1S/C24H30N6O2/c1-17(2)21-26-23(32-27-21)20-7-5-12-25-22(20)29-13-6-14-30(16-15-29)24(31)18-8-10-19(11-9-18)28(3)4/h5,7-12,17H,6,13-16H2,1-4H3. The van der Waals surface area contributed by atoms with E-state index in [1.807, 2.05) is 74.1 Å². The van der Waals surface area contributed by atoms with Gasteiger partial charge in [0, 0.05) is 63.6 Å². The molecule has 0 saturated carbocycles. The Labute approximate surface area is 188 Å². The average Bonchev–Trinajstić information content (AvgIpc) is 3.17. The zero-order chi connectivity index (χ0) is 22.7. The van der Waals surface area contributed by atoms with E-state index in [9.17, 15) is 4.79 Å². The first-order valence-electron chi connectivity index (χ1n) is 11.0. The van der Waals surface area contributed by atoms with Crippen molar-refractivity contribution in [2.24, 2.45) is 0 Å². The molecule has 8 heteroatoms. The number of hydrogen-bond donors (Lipinski definition) is 0. The van der Waals surface area contributed by atoms with Crippen LogP contribution in [0.3, 0.4) is 0 Å². The highest BCUT2D eigenvalue weighted by molar-refractivity contribution is 5.94. The van der Waals surface area contributed by atoms with Crippen LogP contribution in [0.25, 0.3) is 11.5 Å². The third kappa shape index (κ3) is 4.59. The average molecular weight is 435 g/mol. The molecular formula is C24H30N6O2. The summed E-state index contributed by atoms with van der Waals surface area (Å²) < 4.78 is 5.52. The van der Waals surface area contributed by atoms with E-state index in [0.29, 0.717) is 31.3 Å². The van der Waals surface area contributed by atoms with Crippen molar-refractivity contribution in [3.63, 3.8) is 0 Å². The van der Waals surface area contributed by atoms with E-state index in [4.69, 9.17) is 4.52 Å². The minimum Gasteiger partial charge on any atom is -0.378 e. The molecule has 2 aromatic heterocycles. The van der Waals surface area contributed by atoms with Gasteiger partial charge in [-0.05, 0) is 42.8 Å². The van der Waals surface area contributed by atoms with Crippen molar-refractivity contribution in [2.75, 3.05) is 50.1 Å². The monoisotopic (exact) mass is 434 g/mol. The van der Waals surface area contributed by atoms with Gasteiger partial charge in [0.2, 0.25) is 0 Å². The number of rotatable bonds is 5. The summed E-state index contributed by atoms with van der Waals surface area (Å²) in [5.74, 6) is 2.24. The lowest BCUT2D eigenvalue weighted by Crippen LogP contribution is -2.35. The molecule has 1 amide bonds. The van der Waals surface area contributed by atoms with E-state index in [1.165, 1.54) is 0 Å². The van der Waals surface area contributed by atoms with Gasteiger partial charge in [-0.3, -0.25) is 4.79 Å². The Morgan fingerprint density at radius 1 is 1.06 bits per heavy atom. The van der Waals surface area contributed by atoms with Gasteiger partial charge in [-0.2, -0.15) is 4.98 Å². The van der Waals surface area contributed by atoms with Gasteiger partial charge in [-0.15, -0.1) is 0 Å². The molecule has 0 N–H and O–H groups in total. The van der Waals surface area contributed by atoms with Crippen LogP contribution in [0.1, 0.15) is 42.4 Å². The Bertz CT molecular complexity index is 1060. The predicted octanol–water partition coefficient (Wildman–Crippen LogP) is 3.67. The second kappa shape index (κ2) is 9.38. The van der Waals surface area contributed by atoms with Gasteiger partial charge < -0.3 is 19.2 Å². The van der Waals surface area contributed by atoms with Crippen LogP contribution in [0.4, 0.5) is 11.5 Å². The highest BCUT2D eigenvalue weighted by atomic mass is 16.5. The molecule has 1 saturated heterocycles. The number of carbonyl (C=O) groups is 1. The Balaban J connectivity index is 1.49. The molecular weight excluding hydrogens is 404 g/mol. The van der Waals surface area contributed by atoms with Crippen molar-refractivity contribution in [1.82, 2.24) is 20.0 Å². The number of pyridine rings is 1. The second-order valence-corrected chi connectivity index (χ2v) is 8.56. The number of carbonyl (C=O) groups excluding carboxylic acids is 1. The quantitative estimate of drug-likeness (QED) is 0.606.